The van der Waals surface area contributed by atoms with Crippen LogP contribution in [0.15, 0.2) is 42.9 Å². The second-order valence-corrected chi connectivity index (χ2v) is 8.29. The van der Waals surface area contributed by atoms with Crippen LogP contribution >= 0.6 is 0 Å². The van der Waals surface area contributed by atoms with Crippen molar-refractivity contribution in [2.75, 3.05) is 0 Å². The fourth-order valence-electron chi connectivity index (χ4n) is 3.36. The number of amides is 3. The molecule has 0 bridgehead atoms. The number of aromatic amines is 1. The quantitative estimate of drug-likeness (QED) is 0.125. The molecule has 4 unspecified atom stereocenters. The van der Waals surface area contributed by atoms with Gasteiger partial charge in [-0.15, -0.1) is 0 Å². The Bertz CT molecular complexity index is 1140. The predicted octanol–water partition coefficient (Wildman–Crippen LogP) is -1.99. The summed E-state index contributed by atoms with van der Waals surface area (Å²) in [4.78, 5) is 78.7. The summed E-state index contributed by atoms with van der Waals surface area (Å²) in [6.07, 6.45) is 0.788. The van der Waals surface area contributed by atoms with Crippen molar-refractivity contribution in [3.05, 3.63) is 54.1 Å². The number of hydrogen-bond donors (Lipinski definition) is 8. The third-order valence-corrected chi connectivity index (χ3v) is 5.25. The van der Waals surface area contributed by atoms with E-state index in [1.54, 1.807) is 30.3 Å². The van der Waals surface area contributed by atoms with E-state index in [9.17, 15) is 39.0 Å². The lowest BCUT2D eigenvalue weighted by molar-refractivity contribution is -0.143. The van der Waals surface area contributed by atoms with Gasteiger partial charge in [-0.3, -0.25) is 24.0 Å². The number of nitrogens with zero attached hydrogens (tertiary/aromatic N) is 1. The maximum Gasteiger partial charge on any atom is 0.326 e. The normalized spacial score (nSPS) is 13.8. The summed E-state index contributed by atoms with van der Waals surface area (Å²) >= 11 is 0. The smallest absolute Gasteiger partial charge is 0.326 e. The Morgan fingerprint density at radius 3 is 1.92 bits per heavy atom. The molecule has 0 radical (unpaired) electrons. The zero-order valence-electron chi connectivity index (χ0n) is 20.0. The lowest BCUT2D eigenvalue weighted by Gasteiger charge is -2.24. The highest BCUT2D eigenvalue weighted by atomic mass is 16.4. The minimum absolute atomic E-state index is 0.0498. The molecular weight excluding hydrogens is 504 g/mol. The number of carboxylic acids is 3. The van der Waals surface area contributed by atoms with Crippen LogP contribution in [0.4, 0.5) is 0 Å². The molecular formula is C23H28N6O9. The van der Waals surface area contributed by atoms with Gasteiger partial charge in [0.2, 0.25) is 17.7 Å². The number of imidazole rings is 1. The molecule has 4 atom stereocenters. The number of carbonyl (C=O) groups excluding carboxylic acids is 3. The van der Waals surface area contributed by atoms with Crippen molar-refractivity contribution in [3.8, 4) is 0 Å². The fourth-order valence-corrected chi connectivity index (χ4v) is 3.36. The van der Waals surface area contributed by atoms with Crippen LogP contribution in [-0.2, 0) is 41.6 Å². The van der Waals surface area contributed by atoms with E-state index in [-0.39, 0.29) is 12.8 Å². The van der Waals surface area contributed by atoms with Gasteiger partial charge < -0.3 is 42.0 Å². The highest BCUT2D eigenvalue weighted by Crippen LogP contribution is 2.06. The molecule has 38 heavy (non-hydrogen) atoms. The van der Waals surface area contributed by atoms with Crippen molar-refractivity contribution in [2.45, 2.75) is 49.9 Å². The van der Waals surface area contributed by atoms with Gasteiger partial charge in [-0.25, -0.2) is 9.78 Å². The number of aliphatic carboxylic acids is 3. The van der Waals surface area contributed by atoms with E-state index in [0.717, 1.165) is 0 Å². The highest BCUT2D eigenvalue weighted by Gasteiger charge is 2.32. The molecule has 1 heterocycles. The van der Waals surface area contributed by atoms with Crippen LogP contribution in [0.2, 0.25) is 0 Å². The van der Waals surface area contributed by atoms with Gasteiger partial charge in [-0.05, 0) is 5.56 Å². The number of nitrogens with two attached hydrogens (primary N) is 1. The van der Waals surface area contributed by atoms with Crippen molar-refractivity contribution in [3.63, 3.8) is 0 Å². The first-order valence-corrected chi connectivity index (χ1v) is 11.3. The summed E-state index contributed by atoms with van der Waals surface area (Å²) in [6.45, 7) is 0. The van der Waals surface area contributed by atoms with Crippen molar-refractivity contribution >= 4 is 35.6 Å². The maximum absolute atomic E-state index is 13.1. The lowest BCUT2D eigenvalue weighted by atomic mass is 10.0. The largest absolute Gasteiger partial charge is 0.481 e. The van der Waals surface area contributed by atoms with E-state index in [2.05, 4.69) is 25.9 Å². The van der Waals surface area contributed by atoms with Crippen LogP contribution in [0, 0.1) is 0 Å². The number of benzene rings is 1. The Labute approximate surface area is 215 Å². The Balaban J connectivity index is 2.21. The highest BCUT2D eigenvalue weighted by molar-refractivity contribution is 5.96. The molecule has 3 amide bonds. The van der Waals surface area contributed by atoms with E-state index < -0.39 is 72.6 Å². The van der Waals surface area contributed by atoms with Crippen LogP contribution in [0.3, 0.4) is 0 Å². The van der Waals surface area contributed by atoms with Crippen LogP contribution in [0.25, 0.3) is 0 Å². The minimum atomic E-state index is -1.71. The van der Waals surface area contributed by atoms with Crippen molar-refractivity contribution in [1.29, 1.82) is 0 Å². The Morgan fingerprint density at radius 2 is 1.37 bits per heavy atom. The molecule has 0 spiro atoms. The van der Waals surface area contributed by atoms with Gasteiger partial charge in [0.05, 0.1) is 25.2 Å². The van der Waals surface area contributed by atoms with Crippen LogP contribution in [0.1, 0.15) is 24.1 Å². The number of hydrogen-bond acceptors (Lipinski definition) is 8. The van der Waals surface area contributed by atoms with Crippen molar-refractivity contribution in [2.24, 2.45) is 5.73 Å². The summed E-state index contributed by atoms with van der Waals surface area (Å²) in [6, 6.07) is 2.49. The third-order valence-electron chi connectivity index (χ3n) is 5.25. The number of carbonyl (C=O) groups is 6. The van der Waals surface area contributed by atoms with E-state index in [0.29, 0.717) is 11.3 Å². The van der Waals surface area contributed by atoms with Gasteiger partial charge in [-0.2, -0.15) is 0 Å². The molecule has 204 valence electrons. The van der Waals surface area contributed by atoms with E-state index >= 15 is 0 Å². The molecule has 0 fully saturated rings. The van der Waals surface area contributed by atoms with Crippen LogP contribution < -0.4 is 21.7 Å². The SMILES string of the molecule is NC(CC(=O)O)C(=O)NC(CC(=O)O)C(=O)NC(Cc1cnc[nH]1)C(=O)NC(Cc1ccccc1)C(=O)O. The number of nitrogens with one attached hydrogen (secondary N) is 4. The second-order valence-electron chi connectivity index (χ2n) is 8.29. The lowest BCUT2D eigenvalue weighted by Crippen LogP contribution is -2.58. The summed E-state index contributed by atoms with van der Waals surface area (Å²) in [7, 11) is 0. The van der Waals surface area contributed by atoms with Gasteiger partial charge in [0.15, 0.2) is 0 Å². The molecule has 1 aromatic heterocycles. The predicted molar refractivity (Wildman–Crippen MR) is 128 cm³/mol. The summed E-state index contributed by atoms with van der Waals surface area (Å²) in [5.41, 5.74) is 6.51. The molecule has 0 saturated carbocycles. The Hall–Kier alpha value is -4.79. The Kier molecular flexibility index (Phi) is 10.9. The first-order valence-electron chi connectivity index (χ1n) is 11.3. The van der Waals surface area contributed by atoms with Gasteiger partial charge >= 0.3 is 17.9 Å². The molecule has 0 aliphatic rings. The fraction of sp³-hybridized carbons (Fsp3) is 0.348. The molecule has 2 rings (SSSR count). The molecule has 15 heteroatoms. The average molecular weight is 533 g/mol. The molecule has 9 N–H and O–H groups in total. The van der Waals surface area contributed by atoms with Crippen molar-refractivity contribution < 1.29 is 44.1 Å². The Morgan fingerprint density at radius 1 is 0.789 bits per heavy atom. The molecule has 1 aromatic carbocycles. The molecule has 0 aliphatic heterocycles. The van der Waals surface area contributed by atoms with E-state index in [4.69, 9.17) is 10.8 Å². The summed E-state index contributed by atoms with van der Waals surface area (Å²) in [5, 5.41) is 34.4. The average Bonchev–Trinajstić information content (AvgIpc) is 3.35. The molecule has 0 aliphatic carbocycles. The first-order chi connectivity index (χ1) is 18.0. The monoisotopic (exact) mass is 532 g/mol. The van der Waals surface area contributed by atoms with Gasteiger partial charge in [0.1, 0.15) is 18.1 Å². The van der Waals surface area contributed by atoms with Crippen LogP contribution in [0.5, 0.6) is 0 Å². The molecule has 0 saturated heterocycles. The van der Waals surface area contributed by atoms with Gasteiger partial charge in [-0.1, -0.05) is 30.3 Å². The van der Waals surface area contributed by atoms with Gasteiger partial charge in [0, 0.05) is 24.7 Å². The molecule has 15 nitrogen and oxygen atoms in total. The second kappa shape index (κ2) is 14.1. The first kappa shape index (κ1) is 29.4. The summed E-state index contributed by atoms with van der Waals surface area (Å²) in [5.74, 6) is -7.24. The number of rotatable bonds is 15. The maximum atomic E-state index is 13.1. The number of H-pyrrole nitrogens is 1. The number of carboxylic acid groups (broad SMARTS) is 3. The zero-order chi connectivity index (χ0) is 28.2. The van der Waals surface area contributed by atoms with E-state index in [1.165, 1.54) is 12.5 Å². The van der Waals surface area contributed by atoms with E-state index in [1.807, 2.05) is 0 Å². The zero-order valence-corrected chi connectivity index (χ0v) is 20.0. The summed E-state index contributed by atoms with van der Waals surface area (Å²) < 4.78 is 0. The van der Waals surface area contributed by atoms with Crippen molar-refractivity contribution in [1.82, 2.24) is 25.9 Å². The minimum Gasteiger partial charge on any atom is -0.481 e. The van der Waals surface area contributed by atoms with Gasteiger partial charge in [0.25, 0.3) is 0 Å². The number of aromatic nitrogens is 2. The third kappa shape index (κ3) is 9.69. The standard InChI is InChI=1S/C23H28N6O9/c24-14(8-18(30)31)20(34)27-16(9-19(32)33)22(36)28-15(7-13-10-25-11-26-13)21(35)29-17(23(37)38)6-12-4-2-1-3-5-12/h1-5,10-11,14-17H,6-9,24H2,(H,25,26)(H,27,34)(H,28,36)(H,29,35)(H,30,31)(H,32,33)(H,37,38). The topological polar surface area (TPSA) is 254 Å². The molecule has 2 aromatic rings. The van der Waals surface area contributed by atoms with Crippen LogP contribution in [-0.4, -0.2) is 85.1 Å².